The lowest BCUT2D eigenvalue weighted by atomic mass is 10.1. The van der Waals surface area contributed by atoms with Gasteiger partial charge in [0.05, 0.1) is 0 Å². The molecule has 1 aliphatic rings. The lowest BCUT2D eigenvalue weighted by Gasteiger charge is -2.12. The van der Waals surface area contributed by atoms with Crippen LogP contribution in [0.3, 0.4) is 0 Å². The number of nitrogens with two attached hydrogens (primary N) is 1. The molecule has 2 heterocycles. The Balaban J connectivity index is 1.77. The summed E-state index contributed by atoms with van der Waals surface area (Å²) in [5.41, 5.74) is 8.47. The first-order valence-corrected chi connectivity index (χ1v) is 8.21. The molecule has 0 spiro atoms. The van der Waals surface area contributed by atoms with Crippen LogP contribution >= 0.6 is 11.3 Å². The zero-order valence-electron chi connectivity index (χ0n) is 12.0. The molecule has 20 heavy (non-hydrogen) atoms. The zero-order chi connectivity index (χ0) is 13.9. The molecule has 0 saturated carbocycles. The Morgan fingerprint density at radius 1 is 1.20 bits per heavy atom. The largest absolute Gasteiger partial charge is 0.324 e. The Morgan fingerprint density at radius 2 is 2.00 bits per heavy atom. The van der Waals surface area contributed by atoms with Gasteiger partial charge in [-0.2, -0.15) is 0 Å². The van der Waals surface area contributed by atoms with Gasteiger partial charge in [-0.1, -0.05) is 18.2 Å². The minimum atomic E-state index is 0.0963. The predicted molar refractivity (Wildman–Crippen MR) is 86.9 cm³/mol. The quantitative estimate of drug-likeness (QED) is 0.919. The third kappa shape index (κ3) is 3.11. The van der Waals surface area contributed by atoms with Crippen molar-refractivity contribution < 1.29 is 0 Å². The maximum absolute atomic E-state index is 5.97. The fraction of sp³-hybridized carbons (Fsp3) is 0.412. The fourth-order valence-electron chi connectivity index (χ4n) is 2.75. The first-order chi connectivity index (χ1) is 9.72. The van der Waals surface area contributed by atoms with Gasteiger partial charge in [0.25, 0.3) is 0 Å². The number of thiophene rings is 1. The van der Waals surface area contributed by atoms with Crippen LogP contribution in [0.1, 0.15) is 36.2 Å². The van der Waals surface area contributed by atoms with Crippen LogP contribution < -0.4 is 5.73 Å². The maximum atomic E-state index is 5.97. The second-order valence-electron chi connectivity index (χ2n) is 5.66. The summed E-state index contributed by atoms with van der Waals surface area (Å²) < 4.78 is 0. The third-order valence-electron chi connectivity index (χ3n) is 3.94. The number of hydrogen-bond donors (Lipinski definition) is 1. The van der Waals surface area contributed by atoms with E-state index >= 15 is 0 Å². The van der Waals surface area contributed by atoms with Crippen LogP contribution in [-0.4, -0.2) is 18.0 Å². The molecule has 3 heteroatoms. The van der Waals surface area contributed by atoms with Gasteiger partial charge in [-0.05, 0) is 62.2 Å². The Bertz CT molecular complexity index is 568. The van der Waals surface area contributed by atoms with Gasteiger partial charge >= 0.3 is 0 Å². The number of hydrogen-bond acceptors (Lipinski definition) is 3. The van der Waals surface area contributed by atoms with Gasteiger partial charge in [0.2, 0.25) is 0 Å². The van der Waals surface area contributed by atoms with Crippen LogP contribution in [0.2, 0.25) is 0 Å². The van der Waals surface area contributed by atoms with E-state index in [-0.39, 0.29) is 6.04 Å². The molecule has 0 aliphatic carbocycles. The maximum Gasteiger partial charge on any atom is 0.0346 e. The molecular formula is C17H22N2S. The normalized spacial score (nSPS) is 17.5. The molecular weight excluding hydrogens is 264 g/mol. The van der Waals surface area contributed by atoms with E-state index in [9.17, 15) is 0 Å². The van der Waals surface area contributed by atoms with Crippen molar-refractivity contribution in [1.29, 1.82) is 0 Å². The lowest BCUT2D eigenvalue weighted by molar-refractivity contribution is 0.334. The molecule has 1 atom stereocenters. The summed E-state index contributed by atoms with van der Waals surface area (Å²) in [5, 5.41) is 0. The molecule has 1 saturated heterocycles. The van der Waals surface area contributed by atoms with Crippen LogP contribution in [0.4, 0.5) is 0 Å². The smallest absolute Gasteiger partial charge is 0.0346 e. The van der Waals surface area contributed by atoms with E-state index in [4.69, 9.17) is 5.73 Å². The van der Waals surface area contributed by atoms with E-state index in [0.29, 0.717) is 0 Å². The summed E-state index contributed by atoms with van der Waals surface area (Å²) in [6, 6.07) is 13.2. The Kier molecular flexibility index (Phi) is 4.20. The number of rotatable bonds is 4. The van der Waals surface area contributed by atoms with Gasteiger partial charge in [-0.3, -0.25) is 4.90 Å². The SMILES string of the molecule is C[C@@H](N)c1cccc(-c2ccc(CN3CCCC3)s2)c1. The first kappa shape index (κ1) is 13.8. The molecule has 2 aromatic rings. The molecule has 0 bridgehead atoms. The van der Waals surface area contributed by atoms with Gasteiger partial charge in [0.15, 0.2) is 0 Å². The predicted octanol–water partition coefficient (Wildman–Crippen LogP) is 4.03. The minimum Gasteiger partial charge on any atom is -0.324 e. The van der Waals surface area contributed by atoms with Crippen LogP contribution in [0.5, 0.6) is 0 Å². The number of likely N-dealkylation sites (tertiary alicyclic amines) is 1. The molecule has 1 aromatic heterocycles. The van der Waals surface area contributed by atoms with E-state index in [2.05, 4.69) is 41.3 Å². The van der Waals surface area contributed by atoms with Crippen molar-refractivity contribution in [3.05, 3.63) is 46.8 Å². The summed E-state index contributed by atoms with van der Waals surface area (Å²) in [6.07, 6.45) is 2.71. The van der Waals surface area contributed by atoms with Gasteiger partial charge in [-0.15, -0.1) is 11.3 Å². The van der Waals surface area contributed by atoms with Gasteiger partial charge in [-0.25, -0.2) is 0 Å². The average molecular weight is 286 g/mol. The summed E-state index contributed by atoms with van der Waals surface area (Å²) in [6.45, 7) is 5.66. The molecule has 1 aliphatic heterocycles. The van der Waals surface area contributed by atoms with E-state index in [1.165, 1.54) is 46.8 Å². The van der Waals surface area contributed by atoms with E-state index in [0.717, 1.165) is 6.54 Å². The van der Waals surface area contributed by atoms with Crippen molar-refractivity contribution >= 4 is 11.3 Å². The van der Waals surface area contributed by atoms with E-state index in [1.807, 2.05) is 18.3 Å². The summed E-state index contributed by atoms with van der Waals surface area (Å²) >= 11 is 1.91. The molecule has 106 valence electrons. The standard InChI is InChI=1S/C17H22N2S/c1-13(18)14-5-4-6-15(11-14)17-8-7-16(20-17)12-19-9-2-3-10-19/h4-8,11,13H,2-3,9-10,12,18H2,1H3/t13-/m1/s1. The highest BCUT2D eigenvalue weighted by molar-refractivity contribution is 7.15. The number of benzene rings is 1. The summed E-state index contributed by atoms with van der Waals surface area (Å²) in [5.74, 6) is 0. The molecule has 2 N–H and O–H groups in total. The molecule has 0 radical (unpaired) electrons. The second kappa shape index (κ2) is 6.08. The molecule has 2 nitrogen and oxygen atoms in total. The first-order valence-electron chi connectivity index (χ1n) is 7.39. The third-order valence-corrected chi connectivity index (χ3v) is 5.06. The molecule has 1 fully saturated rings. The van der Waals surface area contributed by atoms with Crippen LogP contribution in [0.25, 0.3) is 10.4 Å². The van der Waals surface area contributed by atoms with Crippen molar-refractivity contribution in [2.75, 3.05) is 13.1 Å². The lowest BCUT2D eigenvalue weighted by Crippen LogP contribution is -2.17. The van der Waals surface area contributed by atoms with Crippen molar-refractivity contribution in [3.63, 3.8) is 0 Å². The Hall–Kier alpha value is -1.16. The van der Waals surface area contributed by atoms with Crippen LogP contribution in [0, 0.1) is 0 Å². The van der Waals surface area contributed by atoms with Gasteiger partial charge < -0.3 is 5.73 Å². The van der Waals surface area contributed by atoms with Gasteiger partial charge in [0, 0.05) is 22.3 Å². The summed E-state index contributed by atoms with van der Waals surface area (Å²) in [4.78, 5) is 5.36. The fourth-order valence-corrected chi connectivity index (χ4v) is 3.80. The Labute approximate surface area is 125 Å². The van der Waals surface area contributed by atoms with Crippen molar-refractivity contribution in [2.45, 2.75) is 32.4 Å². The minimum absolute atomic E-state index is 0.0963. The highest BCUT2D eigenvalue weighted by Crippen LogP contribution is 2.30. The molecule has 0 amide bonds. The zero-order valence-corrected chi connectivity index (χ0v) is 12.8. The topological polar surface area (TPSA) is 29.3 Å². The molecule has 3 rings (SSSR count). The summed E-state index contributed by atoms with van der Waals surface area (Å²) in [7, 11) is 0. The second-order valence-corrected chi connectivity index (χ2v) is 6.83. The highest BCUT2D eigenvalue weighted by atomic mass is 32.1. The number of nitrogens with zero attached hydrogens (tertiary/aromatic N) is 1. The van der Waals surface area contributed by atoms with Crippen molar-refractivity contribution in [2.24, 2.45) is 5.73 Å². The monoisotopic (exact) mass is 286 g/mol. The van der Waals surface area contributed by atoms with Gasteiger partial charge in [0.1, 0.15) is 0 Å². The van der Waals surface area contributed by atoms with E-state index in [1.54, 1.807) is 0 Å². The average Bonchev–Trinajstić information content (AvgIpc) is 3.11. The van der Waals surface area contributed by atoms with E-state index < -0.39 is 0 Å². The molecule has 0 unspecified atom stereocenters. The van der Waals surface area contributed by atoms with Crippen molar-refractivity contribution in [3.8, 4) is 10.4 Å². The highest BCUT2D eigenvalue weighted by Gasteiger charge is 2.13. The van der Waals surface area contributed by atoms with Crippen molar-refractivity contribution in [1.82, 2.24) is 4.90 Å². The Morgan fingerprint density at radius 3 is 2.75 bits per heavy atom. The van der Waals surface area contributed by atoms with Crippen LogP contribution in [-0.2, 0) is 6.54 Å². The van der Waals surface area contributed by atoms with Crippen LogP contribution in [0.15, 0.2) is 36.4 Å². The molecule has 1 aromatic carbocycles.